The van der Waals surface area contributed by atoms with Crippen molar-refractivity contribution in [2.75, 3.05) is 0 Å². The molecule has 0 amide bonds. The molecule has 0 aliphatic carbocycles. The topological polar surface area (TPSA) is 0 Å². The van der Waals surface area contributed by atoms with Crippen molar-refractivity contribution in [3.8, 4) is 0 Å². The quantitative estimate of drug-likeness (QED) is 0.612. The zero-order chi connectivity index (χ0) is 11.9. The van der Waals surface area contributed by atoms with Gasteiger partial charge in [0.2, 0.25) is 0 Å². The van der Waals surface area contributed by atoms with Crippen LogP contribution in [0.25, 0.3) is 0 Å². The highest BCUT2D eigenvalue weighted by atomic mass is 35.5. The van der Waals surface area contributed by atoms with Crippen LogP contribution in [0.2, 0.25) is 0 Å². The summed E-state index contributed by atoms with van der Waals surface area (Å²) < 4.78 is 0. The van der Waals surface area contributed by atoms with Crippen molar-refractivity contribution in [2.24, 2.45) is 0 Å². The predicted octanol–water partition coefficient (Wildman–Crippen LogP) is 4.20. The largest absolute Gasteiger partial charge is 0.147 e. The van der Waals surface area contributed by atoms with Gasteiger partial charge in [-0.05, 0) is 27.3 Å². The zero-order valence-electron chi connectivity index (χ0n) is 11.2. The molecule has 2 heteroatoms. The van der Waals surface area contributed by atoms with Crippen molar-refractivity contribution >= 4 is 27.0 Å². The lowest BCUT2D eigenvalue weighted by Crippen LogP contribution is -2.18. The summed E-state index contributed by atoms with van der Waals surface area (Å²) in [7, 11) is 2.81. The first-order chi connectivity index (χ1) is 6.60. The zero-order valence-corrected chi connectivity index (χ0v) is 13.2. The van der Waals surface area contributed by atoms with E-state index >= 15 is 0 Å². The number of halogens is 1. The van der Waals surface area contributed by atoms with Crippen molar-refractivity contribution in [1.82, 2.24) is 0 Å². The van der Waals surface area contributed by atoms with Crippen molar-refractivity contribution in [2.45, 2.75) is 52.4 Å². The SMILES string of the molecule is CC(C)(C)c1cc(P)cc(C(C)(C)C)c1.Cl. The minimum atomic E-state index is 0. The van der Waals surface area contributed by atoms with Gasteiger partial charge in [0.1, 0.15) is 0 Å². The van der Waals surface area contributed by atoms with E-state index in [1.54, 1.807) is 0 Å². The molecular formula is C14H24ClP. The molecule has 0 heterocycles. The van der Waals surface area contributed by atoms with Crippen molar-refractivity contribution in [1.29, 1.82) is 0 Å². The summed E-state index contributed by atoms with van der Waals surface area (Å²) in [6.07, 6.45) is 0. The lowest BCUT2D eigenvalue weighted by Gasteiger charge is -2.25. The molecule has 1 atom stereocenters. The number of benzene rings is 1. The monoisotopic (exact) mass is 258 g/mol. The summed E-state index contributed by atoms with van der Waals surface area (Å²) >= 11 is 0. The molecule has 1 aromatic carbocycles. The normalized spacial score (nSPS) is 12.2. The Hall–Kier alpha value is -0.0600. The van der Waals surface area contributed by atoms with Crippen LogP contribution in [0.5, 0.6) is 0 Å². The lowest BCUT2D eigenvalue weighted by molar-refractivity contribution is 0.569. The number of rotatable bonds is 0. The van der Waals surface area contributed by atoms with Crippen LogP contribution in [0.15, 0.2) is 18.2 Å². The average Bonchev–Trinajstić information content (AvgIpc) is 1.99. The van der Waals surface area contributed by atoms with Gasteiger partial charge in [-0.2, -0.15) is 0 Å². The van der Waals surface area contributed by atoms with Crippen LogP contribution in [0, 0.1) is 0 Å². The maximum Gasteiger partial charge on any atom is -0.0132 e. The van der Waals surface area contributed by atoms with E-state index in [9.17, 15) is 0 Å². The van der Waals surface area contributed by atoms with E-state index in [0.29, 0.717) is 0 Å². The minimum absolute atomic E-state index is 0. The van der Waals surface area contributed by atoms with Gasteiger partial charge >= 0.3 is 0 Å². The molecule has 92 valence electrons. The van der Waals surface area contributed by atoms with E-state index in [-0.39, 0.29) is 23.2 Å². The highest BCUT2D eigenvalue weighted by Gasteiger charge is 2.19. The third-order valence-corrected chi connectivity index (χ3v) is 3.02. The Morgan fingerprint density at radius 3 is 1.31 bits per heavy atom. The molecule has 0 saturated carbocycles. The first kappa shape index (κ1) is 15.9. The molecule has 0 nitrogen and oxygen atoms in total. The molecule has 0 aliphatic rings. The van der Waals surface area contributed by atoms with Gasteiger partial charge in [0.25, 0.3) is 0 Å². The smallest absolute Gasteiger partial charge is 0.0132 e. The molecule has 16 heavy (non-hydrogen) atoms. The van der Waals surface area contributed by atoms with E-state index in [2.05, 4.69) is 69.0 Å². The Balaban J connectivity index is 0.00000225. The first-order valence-corrected chi connectivity index (χ1v) is 6.10. The molecule has 0 bridgehead atoms. The molecule has 0 fully saturated rings. The summed E-state index contributed by atoms with van der Waals surface area (Å²) in [5, 5.41) is 1.28. The van der Waals surface area contributed by atoms with Crippen molar-refractivity contribution in [3.63, 3.8) is 0 Å². The molecule has 0 aromatic heterocycles. The van der Waals surface area contributed by atoms with E-state index in [1.807, 2.05) is 0 Å². The fourth-order valence-corrected chi connectivity index (χ4v) is 1.88. The first-order valence-electron chi connectivity index (χ1n) is 5.52. The fourth-order valence-electron chi connectivity index (χ4n) is 1.52. The molecule has 0 aliphatic heterocycles. The van der Waals surface area contributed by atoms with Crippen LogP contribution in [0.4, 0.5) is 0 Å². The summed E-state index contributed by atoms with van der Waals surface area (Å²) in [6.45, 7) is 13.6. The Labute approximate surface area is 109 Å². The summed E-state index contributed by atoms with van der Waals surface area (Å²) in [5.74, 6) is 0. The third kappa shape index (κ3) is 4.07. The Bertz CT molecular complexity index is 324. The highest BCUT2D eigenvalue weighted by Crippen LogP contribution is 2.28. The molecule has 0 N–H and O–H groups in total. The van der Waals surface area contributed by atoms with Gasteiger partial charge in [0.15, 0.2) is 0 Å². The van der Waals surface area contributed by atoms with Crippen molar-refractivity contribution in [3.05, 3.63) is 29.3 Å². The predicted molar refractivity (Wildman–Crippen MR) is 80.4 cm³/mol. The van der Waals surface area contributed by atoms with E-state index in [4.69, 9.17) is 0 Å². The average molecular weight is 259 g/mol. The van der Waals surface area contributed by atoms with Crippen molar-refractivity contribution < 1.29 is 0 Å². The van der Waals surface area contributed by atoms with Gasteiger partial charge < -0.3 is 0 Å². The van der Waals surface area contributed by atoms with E-state index < -0.39 is 0 Å². The molecule has 1 aromatic rings. The second kappa shape index (κ2) is 5.07. The van der Waals surface area contributed by atoms with Crippen LogP contribution in [-0.2, 0) is 10.8 Å². The van der Waals surface area contributed by atoms with E-state index in [1.165, 1.54) is 16.4 Å². The van der Waals surface area contributed by atoms with Crippen LogP contribution in [0.1, 0.15) is 52.7 Å². The van der Waals surface area contributed by atoms with Crippen LogP contribution in [-0.4, -0.2) is 0 Å². The molecule has 0 radical (unpaired) electrons. The van der Waals surface area contributed by atoms with Crippen LogP contribution in [0.3, 0.4) is 0 Å². The fraction of sp³-hybridized carbons (Fsp3) is 0.571. The lowest BCUT2D eigenvalue weighted by atomic mass is 9.81. The molecular weight excluding hydrogens is 235 g/mol. The summed E-state index contributed by atoms with van der Waals surface area (Å²) in [4.78, 5) is 0. The maximum absolute atomic E-state index is 2.81. The highest BCUT2D eigenvalue weighted by molar-refractivity contribution is 7.27. The third-order valence-electron chi connectivity index (χ3n) is 2.69. The molecule has 1 unspecified atom stereocenters. The Morgan fingerprint density at radius 2 is 1.06 bits per heavy atom. The number of hydrogen-bond acceptors (Lipinski definition) is 0. The van der Waals surface area contributed by atoms with Gasteiger partial charge in [-0.15, -0.1) is 21.6 Å². The summed E-state index contributed by atoms with van der Waals surface area (Å²) in [5.41, 5.74) is 3.29. The standard InChI is InChI=1S/C14H23P.ClH/c1-13(2,3)10-7-11(14(4,5)6)9-12(15)8-10;/h7-9H,15H2,1-6H3;1H. The second-order valence-electron chi connectivity index (χ2n) is 6.34. The van der Waals surface area contributed by atoms with Gasteiger partial charge in [-0.3, -0.25) is 0 Å². The van der Waals surface area contributed by atoms with Crippen LogP contribution >= 0.6 is 21.6 Å². The summed E-state index contributed by atoms with van der Waals surface area (Å²) in [6, 6.07) is 6.87. The van der Waals surface area contributed by atoms with Gasteiger partial charge in [0.05, 0.1) is 0 Å². The van der Waals surface area contributed by atoms with Gasteiger partial charge in [-0.1, -0.05) is 59.7 Å². The molecule has 0 spiro atoms. The minimum Gasteiger partial charge on any atom is -0.147 e. The second-order valence-corrected chi connectivity index (χ2v) is 7.01. The van der Waals surface area contributed by atoms with Crippen LogP contribution < -0.4 is 5.30 Å². The Kier molecular flexibility index (Phi) is 5.05. The number of hydrogen-bond donors (Lipinski definition) is 0. The van der Waals surface area contributed by atoms with Gasteiger partial charge in [0, 0.05) is 0 Å². The van der Waals surface area contributed by atoms with E-state index in [0.717, 1.165) is 0 Å². The van der Waals surface area contributed by atoms with Gasteiger partial charge in [-0.25, -0.2) is 0 Å². The molecule has 0 saturated heterocycles. The Morgan fingerprint density at radius 1 is 0.750 bits per heavy atom. The molecule has 1 rings (SSSR count). The maximum atomic E-state index is 2.81.